The van der Waals surface area contributed by atoms with Crippen molar-refractivity contribution in [2.24, 2.45) is 0 Å². The number of aryl methyl sites for hydroxylation is 1. The van der Waals surface area contributed by atoms with Crippen molar-refractivity contribution in [1.82, 2.24) is 15.1 Å². The van der Waals surface area contributed by atoms with E-state index in [0.717, 1.165) is 51.4 Å². The molecule has 5 nitrogen and oxygen atoms in total. The molecule has 5 heteroatoms. The molecule has 2 atom stereocenters. The van der Waals surface area contributed by atoms with Gasteiger partial charge < -0.3 is 15.0 Å². The Kier molecular flexibility index (Phi) is 6.20. The van der Waals surface area contributed by atoms with Gasteiger partial charge in [-0.05, 0) is 49.4 Å². The predicted molar refractivity (Wildman–Crippen MR) is 105 cm³/mol. The third-order valence-electron chi connectivity index (χ3n) is 5.67. The first kappa shape index (κ1) is 19.2. The van der Waals surface area contributed by atoms with Crippen LogP contribution < -0.4 is 10.1 Å². The molecule has 144 valence electrons. The van der Waals surface area contributed by atoms with E-state index >= 15 is 0 Å². The second kappa shape index (κ2) is 8.40. The topological polar surface area (TPSA) is 44.8 Å². The molecule has 2 aliphatic rings. The smallest absolute Gasteiger partial charge is 0.263 e. The lowest BCUT2D eigenvalue weighted by Crippen LogP contribution is -2.50. The second-order valence-electron chi connectivity index (χ2n) is 7.95. The van der Waals surface area contributed by atoms with Crippen LogP contribution in [0, 0.1) is 6.92 Å². The lowest BCUT2D eigenvalue weighted by atomic mass is 9.98. The molecule has 2 unspecified atom stereocenters. The number of hydrogen-bond acceptors (Lipinski definition) is 4. The van der Waals surface area contributed by atoms with Gasteiger partial charge in [0.15, 0.2) is 6.10 Å². The lowest BCUT2D eigenvalue weighted by Gasteiger charge is -2.32. The molecule has 1 aromatic rings. The summed E-state index contributed by atoms with van der Waals surface area (Å²) in [6.07, 6.45) is 0.627. The van der Waals surface area contributed by atoms with E-state index in [4.69, 9.17) is 4.74 Å². The summed E-state index contributed by atoms with van der Waals surface area (Å²) in [7, 11) is 0. The van der Waals surface area contributed by atoms with Crippen LogP contribution >= 0.6 is 0 Å². The van der Waals surface area contributed by atoms with Crippen molar-refractivity contribution in [2.75, 3.05) is 39.3 Å². The summed E-state index contributed by atoms with van der Waals surface area (Å²) in [5.41, 5.74) is 2.55. The Balaban J connectivity index is 1.55. The molecular formula is C21H33N3O2. The van der Waals surface area contributed by atoms with Crippen LogP contribution in [0.25, 0.3) is 0 Å². The van der Waals surface area contributed by atoms with Crippen molar-refractivity contribution in [3.8, 4) is 5.75 Å². The minimum atomic E-state index is -0.443. The van der Waals surface area contributed by atoms with Crippen LogP contribution in [0.1, 0.15) is 44.2 Å². The molecule has 2 fully saturated rings. The second-order valence-corrected chi connectivity index (χ2v) is 7.95. The monoisotopic (exact) mass is 359 g/mol. The van der Waals surface area contributed by atoms with Crippen LogP contribution in [0.2, 0.25) is 0 Å². The Labute approximate surface area is 157 Å². The third-order valence-corrected chi connectivity index (χ3v) is 5.67. The van der Waals surface area contributed by atoms with Gasteiger partial charge in [-0.1, -0.05) is 19.9 Å². The maximum atomic E-state index is 12.8. The Morgan fingerprint density at radius 1 is 1.19 bits per heavy atom. The van der Waals surface area contributed by atoms with E-state index < -0.39 is 6.10 Å². The van der Waals surface area contributed by atoms with Crippen molar-refractivity contribution < 1.29 is 9.53 Å². The Morgan fingerprint density at radius 2 is 1.92 bits per heavy atom. The Hall–Kier alpha value is -1.59. The SMILES string of the molecule is Cc1cc(OC(C)C(=O)N2CCC(N3CCNCC3)C2)ccc1C(C)C. The van der Waals surface area contributed by atoms with E-state index in [-0.39, 0.29) is 5.91 Å². The number of hydrogen-bond donors (Lipinski definition) is 1. The number of carbonyl (C=O) groups excluding carboxylic acids is 1. The predicted octanol–water partition coefficient (Wildman–Crippen LogP) is 2.39. The van der Waals surface area contributed by atoms with Gasteiger partial charge in [-0.2, -0.15) is 0 Å². The van der Waals surface area contributed by atoms with Crippen molar-refractivity contribution >= 4 is 5.91 Å². The Bertz CT molecular complexity index is 626. The van der Waals surface area contributed by atoms with E-state index in [1.807, 2.05) is 24.0 Å². The van der Waals surface area contributed by atoms with E-state index in [2.05, 4.69) is 37.1 Å². The summed E-state index contributed by atoms with van der Waals surface area (Å²) in [6.45, 7) is 14.3. The summed E-state index contributed by atoms with van der Waals surface area (Å²) in [5, 5.41) is 3.39. The van der Waals surface area contributed by atoms with Gasteiger partial charge in [-0.25, -0.2) is 0 Å². The summed E-state index contributed by atoms with van der Waals surface area (Å²) in [5.74, 6) is 1.38. The number of likely N-dealkylation sites (tertiary alicyclic amines) is 1. The van der Waals surface area contributed by atoms with E-state index in [1.165, 1.54) is 11.1 Å². The lowest BCUT2D eigenvalue weighted by molar-refractivity contribution is -0.137. The van der Waals surface area contributed by atoms with Gasteiger partial charge in [0.05, 0.1) is 0 Å². The molecule has 0 saturated carbocycles. The number of ether oxygens (including phenoxy) is 1. The van der Waals surface area contributed by atoms with Crippen LogP contribution in [-0.4, -0.2) is 67.1 Å². The zero-order chi connectivity index (χ0) is 18.7. The fraction of sp³-hybridized carbons (Fsp3) is 0.667. The van der Waals surface area contributed by atoms with E-state index in [0.29, 0.717) is 12.0 Å². The maximum absolute atomic E-state index is 12.8. The number of benzene rings is 1. The quantitative estimate of drug-likeness (QED) is 0.877. The largest absolute Gasteiger partial charge is 0.481 e. The van der Waals surface area contributed by atoms with Crippen LogP contribution in [-0.2, 0) is 4.79 Å². The molecule has 1 N–H and O–H groups in total. The number of piperazine rings is 1. The number of rotatable bonds is 5. The van der Waals surface area contributed by atoms with E-state index in [1.54, 1.807) is 0 Å². The number of nitrogens with one attached hydrogen (secondary N) is 1. The summed E-state index contributed by atoms with van der Waals surface area (Å²) < 4.78 is 5.97. The molecule has 2 heterocycles. The Morgan fingerprint density at radius 3 is 2.58 bits per heavy atom. The fourth-order valence-electron chi connectivity index (χ4n) is 4.17. The van der Waals surface area contributed by atoms with Crippen LogP contribution in [0.5, 0.6) is 5.75 Å². The highest BCUT2D eigenvalue weighted by atomic mass is 16.5. The first-order valence-corrected chi connectivity index (χ1v) is 9.96. The molecule has 0 radical (unpaired) electrons. The van der Waals surface area contributed by atoms with Crippen LogP contribution in [0.15, 0.2) is 18.2 Å². The average Bonchev–Trinajstić information content (AvgIpc) is 3.11. The summed E-state index contributed by atoms with van der Waals surface area (Å²) in [6, 6.07) is 6.65. The molecule has 2 aliphatic heterocycles. The molecule has 2 saturated heterocycles. The molecule has 0 aliphatic carbocycles. The van der Waals surface area contributed by atoms with Crippen molar-refractivity contribution in [3.05, 3.63) is 29.3 Å². The zero-order valence-corrected chi connectivity index (χ0v) is 16.6. The van der Waals surface area contributed by atoms with E-state index in [9.17, 15) is 4.79 Å². The van der Waals surface area contributed by atoms with Gasteiger partial charge >= 0.3 is 0 Å². The minimum absolute atomic E-state index is 0.105. The standard InChI is InChI=1S/C21H33N3O2/c1-15(2)20-6-5-19(13-16(20)3)26-17(4)21(25)24-10-7-18(14-24)23-11-8-22-9-12-23/h5-6,13,15,17-18,22H,7-12,14H2,1-4H3. The van der Waals surface area contributed by atoms with Gasteiger partial charge in [0.1, 0.15) is 5.75 Å². The molecule has 3 rings (SSSR count). The molecule has 0 bridgehead atoms. The fourth-order valence-corrected chi connectivity index (χ4v) is 4.17. The molecule has 26 heavy (non-hydrogen) atoms. The highest BCUT2D eigenvalue weighted by Gasteiger charge is 2.33. The highest BCUT2D eigenvalue weighted by molar-refractivity contribution is 5.81. The zero-order valence-electron chi connectivity index (χ0n) is 16.6. The number of amides is 1. The minimum Gasteiger partial charge on any atom is -0.481 e. The van der Waals surface area contributed by atoms with Gasteiger partial charge in [-0.3, -0.25) is 9.69 Å². The van der Waals surface area contributed by atoms with Gasteiger partial charge in [-0.15, -0.1) is 0 Å². The van der Waals surface area contributed by atoms with Crippen molar-refractivity contribution in [2.45, 2.75) is 52.2 Å². The summed E-state index contributed by atoms with van der Waals surface area (Å²) in [4.78, 5) is 17.3. The number of carbonyl (C=O) groups is 1. The van der Waals surface area contributed by atoms with Crippen LogP contribution in [0.4, 0.5) is 0 Å². The number of nitrogens with zero attached hydrogens (tertiary/aromatic N) is 2. The summed E-state index contributed by atoms with van der Waals surface area (Å²) >= 11 is 0. The normalized spacial score (nSPS) is 22.7. The average molecular weight is 360 g/mol. The molecule has 1 amide bonds. The first-order valence-electron chi connectivity index (χ1n) is 9.96. The third kappa shape index (κ3) is 4.38. The molecule has 1 aromatic carbocycles. The molecule has 0 spiro atoms. The van der Waals surface area contributed by atoms with Crippen LogP contribution in [0.3, 0.4) is 0 Å². The van der Waals surface area contributed by atoms with Crippen molar-refractivity contribution in [3.63, 3.8) is 0 Å². The van der Waals surface area contributed by atoms with Crippen molar-refractivity contribution in [1.29, 1.82) is 0 Å². The maximum Gasteiger partial charge on any atom is 0.263 e. The molecular weight excluding hydrogens is 326 g/mol. The first-order chi connectivity index (χ1) is 12.5. The van der Waals surface area contributed by atoms with Gasteiger partial charge in [0.2, 0.25) is 0 Å². The molecule has 0 aromatic heterocycles. The van der Waals surface area contributed by atoms with Gasteiger partial charge in [0.25, 0.3) is 5.91 Å². The highest BCUT2D eigenvalue weighted by Crippen LogP contribution is 2.25. The van der Waals surface area contributed by atoms with Gasteiger partial charge in [0, 0.05) is 45.3 Å².